The highest BCUT2D eigenvalue weighted by atomic mass is 32.1. The number of fused-ring (bicyclic) bond motifs is 1. The van der Waals surface area contributed by atoms with E-state index >= 15 is 0 Å². The molecule has 1 heterocycles. The van der Waals surface area contributed by atoms with Crippen molar-refractivity contribution in [2.75, 3.05) is 19.7 Å². The van der Waals surface area contributed by atoms with Crippen molar-refractivity contribution >= 4 is 52.0 Å². The first-order valence-electron chi connectivity index (χ1n) is 10.2. The zero-order valence-electron chi connectivity index (χ0n) is 17.3. The molecule has 0 aliphatic carbocycles. The Hall–Kier alpha value is -3.26. The Balaban J connectivity index is 1.65. The monoisotopic (exact) mass is 439 g/mol. The molecule has 1 fully saturated rings. The van der Waals surface area contributed by atoms with Crippen LogP contribution in [-0.2, 0) is 19.1 Å². The summed E-state index contributed by atoms with van der Waals surface area (Å²) >= 11 is 5.36. The first-order chi connectivity index (χ1) is 15.0. The number of hydrogen-bond donors (Lipinski definition) is 2. The van der Waals surface area contributed by atoms with Gasteiger partial charge in [0.25, 0.3) is 0 Å². The van der Waals surface area contributed by atoms with Crippen molar-refractivity contribution in [3.05, 3.63) is 54.1 Å². The van der Waals surface area contributed by atoms with Crippen LogP contribution in [0.15, 0.2) is 48.5 Å². The van der Waals surface area contributed by atoms with Crippen LogP contribution in [0.25, 0.3) is 16.8 Å². The number of hydrogen-bond acceptors (Lipinski definition) is 5. The van der Waals surface area contributed by atoms with E-state index in [1.165, 1.54) is 6.08 Å². The van der Waals surface area contributed by atoms with E-state index in [-0.39, 0.29) is 17.4 Å². The molecule has 1 unspecified atom stereocenters. The van der Waals surface area contributed by atoms with Crippen LogP contribution in [0.1, 0.15) is 25.3 Å². The quantitative estimate of drug-likeness (QED) is 0.408. The van der Waals surface area contributed by atoms with Gasteiger partial charge in [-0.25, -0.2) is 0 Å². The lowest BCUT2D eigenvalue weighted by Gasteiger charge is -2.36. The van der Waals surface area contributed by atoms with Crippen LogP contribution in [0.4, 0.5) is 0 Å². The Kier molecular flexibility index (Phi) is 7.72. The fourth-order valence-corrected chi connectivity index (χ4v) is 3.69. The second-order valence-electron chi connectivity index (χ2n) is 7.12. The van der Waals surface area contributed by atoms with Gasteiger partial charge in [0.05, 0.1) is 13.0 Å². The molecule has 0 spiro atoms. The molecule has 3 rings (SSSR count). The second-order valence-corrected chi connectivity index (χ2v) is 7.51. The maximum Gasteiger partial charge on any atom is 0.308 e. The molecule has 2 aromatic carbocycles. The Labute approximate surface area is 186 Å². The first-order valence-corrected chi connectivity index (χ1v) is 10.6. The zero-order chi connectivity index (χ0) is 22.2. The van der Waals surface area contributed by atoms with Crippen molar-refractivity contribution in [1.29, 1.82) is 0 Å². The van der Waals surface area contributed by atoms with E-state index in [0.29, 0.717) is 26.1 Å². The zero-order valence-corrected chi connectivity index (χ0v) is 18.1. The molecule has 1 saturated heterocycles. The molecule has 2 aromatic rings. The van der Waals surface area contributed by atoms with Gasteiger partial charge in [0.2, 0.25) is 11.8 Å². The molecule has 2 N–H and O–H groups in total. The highest BCUT2D eigenvalue weighted by Crippen LogP contribution is 2.19. The highest BCUT2D eigenvalue weighted by molar-refractivity contribution is 7.80. The molecule has 1 aliphatic rings. The number of amides is 2. The van der Waals surface area contributed by atoms with E-state index in [2.05, 4.69) is 10.6 Å². The van der Waals surface area contributed by atoms with Crippen LogP contribution in [0.3, 0.4) is 0 Å². The van der Waals surface area contributed by atoms with Crippen molar-refractivity contribution in [2.24, 2.45) is 0 Å². The minimum Gasteiger partial charge on any atom is -0.466 e. The number of nitrogens with zero attached hydrogens (tertiary/aromatic N) is 1. The third-order valence-electron chi connectivity index (χ3n) is 4.89. The molecule has 8 heteroatoms. The van der Waals surface area contributed by atoms with Gasteiger partial charge in [-0.2, -0.15) is 0 Å². The summed E-state index contributed by atoms with van der Waals surface area (Å²) in [4.78, 5) is 38.3. The lowest BCUT2D eigenvalue weighted by Crippen LogP contribution is -2.60. The SMILES string of the molecule is CCCOC(=O)CC1C(=O)NCCN1C(=S)NC(=O)/C=C/c1cccc2ccccc12. The van der Waals surface area contributed by atoms with E-state index < -0.39 is 17.9 Å². The molecule has 1 aliphatic heterocycles. The third-order valence-corrected chi connectivity index (χ3v) is 5.22. The van der Waals surface area contributed by atoms with Crippen molar-refractivity contribution in [2.45, 2.75) is 25.8 Å². The van der Waals surface area contributed by atoms with E-state index in [1.807, 2.05) is 49.4 Å². The Bertz CT molecular complexity index is 1020. The van der Waals surface area contributed by atoms with Crippen molar-refractivity contribution in [3.63, 3.8) is 0 Å². The Morgan fingerprint density at radius 1 is 1.26 bits per heavy atom. The minimum absolute atomic E-state index is 0.107. The van der Waals surface area contributed by atoms with Crippen LogP contribution in [0.2, 0.25) is 0 Å². The van der Waals surface area contributed by atoms with E-state index in [4.69, 9.17) is 17.0 Å². The topological polar surface area (TPSA) is 87.7 Å². The number of rotatable bonds is 6. The average molecular weight is 440 g/mol. The van der Waals surface area contributed by atoms with E-state index in [0.717, 1.165) is 16.3 Å². The largest absolute Gasteiger partial charge is 0.466 e. The molecule has 2 amide bonds. The molecule has 162 valence electrons. The first kappa shape index (κ1) is 22.4. The maximum atomic E-state index is 12.5. The smallest absolute Gasteiger partial charge is 0.308 e. The van der Waals surface area contributed by atoms with Crippen LogP contribution in [0.5, 0.6) is 0 Å². The maximum absolute atomic E-state index is 12.5. The third kappa shape index (κ3) is 5.88. The number of ether oxygens (including phenoxy) is 1. The summed E-state index contributed by atoms with van der Waals surface area (Å²) in [6.45, 7) is 2.96. The standard InChI is InChI=1S/C23H25N3O4S/c1-2-14-30-21(28)15-19-22(29)24-12-13-26(19)23(31)25-20(27)11-10-17-8-5-7-16-6-3-4-9-18(16)17/h3-11,19H,2,12-15H2,1H3,(H,24,29)(H,25,27,31)/b11-10+. The second kappa shape index (κ2) is 10.7. The summed E-state index contributed by atoms with van der Waals surface area (Å²) in [6, 6.07) is 13.0. The minimum atomic E-state index is -0.812. The van der Waals surface area contributed by atoms with Crippen molar-refractivity contribution in [3.8, 4) is 0 Å². The van der Waals surface area contributed by atoms with Gasteiger partial charge in [-0.15, -0.1) is 0 Å². The van der Waals surface area contributed by atoms with Crippen LogP contribution >= 0.6 is 12.2 Å². The number of thiocarbonyl (C=S) groups is 1. The summed E-state index contributed by atoms with van der Waals surface area (Å²) in [5.41, 5.74) is 0.910. The van der Waals surface area contributed by atoms with Gasteiger partial charge in [0.15, 0.2) is 5.11 Å². The van der Waals surface area contributed by atoms with Gasteiger partial charge in [0.1, 0.15) is 6.04 Å². The van der Waals surface area contributed by atoms with Gasteiger partial charge in [-0.05, 0) is 41.1 Å². The molecule has 1 atom stereocenters. The van der Waals surface area contributed by atoms with Gasteiger partial charge in [0, 0.05) is 19.2 Å². The fourth-order valence-electron chi connectivity index (χ4n) is 3.37. The fraction of sp³-hybridized carbons (Fsp3) is 0.304. The number of carbonyl (C=O) groups excluding carboxylic acids is 3. The van der Waals surface area contributed by atoms with Crippen LogP contribution in [0, 0.1) is 0 Å². The molecule has 31 heavy (non-hydrogen) atoms. The van der Waals surface area contributed by atoms with Gasteiger partial charge in [-0.3, -0.25) is 19.7 Å². The van der Waals surface area contributed by atoms with Crippen LogP contribution < -0.4 is 10.6 Å². The predicted molar refractivity (Wildman–Crippen MR) is 123 cm³/mol. The Morgan fingerprint density at radius 2 is 2.03 bits per heavy atom. The molecular weight excluding hydrogens is 414 g/mol. The van der Waals surface area contributed by atoms with E-state index in [9.17, 15) is 14.4 Å². The van der Waals surface area contributed by atoms with Gasteiger partial charge in [-0.1, -0.05) is 49.4 Å². The number of esters is 1. The summed E-state index contributed by atoms with van der Waals surface area (Å²) < 4.78 is 5.09. The normalized spacial score (nSPS) is 16.2. The number of carbonyl (C=O) groups is 3. The van der Waals surface area contributed by atoms with Crippen molar-refractivity contribution < 1.29 is 19.1 Å². The Morgan fingerprint density at radius 3 is 2.84 bits per heavy atom. The molecule has 0 radical (unpaired) electrons. The lowest BCUT2D eigenvalue weighted by molar-refractivity contribution is -0.147. The summed E-state index contributed by atoms with van der Waals surface area (Å²) in [5.74, 6) is -1.20. The van der Waals surface area contributed by atoms with Gasteiger partial charge < -0.3 is 15.0 Å². The van der Waals surface area contributed by atoms with E-state index in [1.54, 1.807) is 11.0 Å². The van der Waals surface area contributed by atoms with Crippen LogP contribution in [-0.4, -0.2) is 53.5 Å². The highest BCUT2D eigenvalue weighted by Gasteiger charge is 2.34. The summed E-state index contributed by atoms with van der Waals surface area (Å²) in [7, 11) is 0. The molecule has 0 aromatic heterocycles. The molecule has 0 saturated carbocycles. The summed E-state index contributed by atoms with van der Waals surface area (Å²) in [6.07, 6.45) is 3.70. The van der Waals surface area contributed by atoms with Crippen molar-refractivity contribution in [1.82, 2.24) is 15.5 Å². The number of benzene rings is 2. The average Bonchev–Trinajstić information content (AvgIpc) is 2.77. The molecule has 0 bridgehead atoms. The molecular formula is C23H25N3O4S. The predicted octanol–water partition coefficient (Wildman–Crippen LogP) is 2.40. The molecule has 7 nitrogen and oxygen atoms in total. The number of nitrogens with one attached hydrogen (secondary N) is 2. The summed E-state index contributed by atoms with van der Waals surface area (Å²) in [5, 5.41) is 7.58. The lowest BCUT2D eigenvalue weighted by atomic mass is 10.0. The van der Waals surface area contributed by atoms with Gasteiger partial charge >= 0.3 is 5.97 Å². The number of piperazine rings is 1.